The number of carbonyl (C=O) groups is 1. The van der Waals surface area contributed by atoms with Crippen LogP contribution < -0.4 is 15.8 Å². The normalized spacial score (nSPS) is 28.7. The third-order valence-corrected chi connectivity index (χ3v) is 4.34. The molecule has 1 aromatic carbocycles. The third kappa shape index (κ3) is 2.58. The Bertz CT molecular complexity index is 510. The third-order valence-electron chi connectivity index (χ3n) is 4.34. The van der Waals surface area contributed by atoms with Crippen molar-refractivity contribution in [3.8, 4) is 11.5 Å². The first-order chi connectivity index (χ1) is 9.63. The van der Waals surface area contributed by atoms with E-state index in [1.807, 2.05) is 6.07 Å². The number of rotatable bonds is 3. The summed E-state index contributed by atoms with van der Waals surface area (Å²) in [5.41, 5.74) is 6.45. The fourth-order valence-corrected chi connectivity index (χ4v) is 3.17. The topological polar surface area (TPSA) is 84.6 Å². The van der Waals surface area contributed by atoms with Gasteiger partial charge >= 0.3 is 0 Å². The summed E-state index contributed by atoms with van der Waals surface area (Å²) in [5, 5.41) is 13.0. The minimum Gasteiger partial charge on any atom is -0.508 e. The summed E-state index contributed by atoms with van der Waals surface area (Å²) in [4.78, 5) is 11.2. The van der Waals surface area contributed by atoms with Gasteiger partial charge in [0.1, 0.15) is 18.1 Å². The van der Waals surface area contributed by atoms with E-state index in [0.29, 0.717) is 12.6 Å². The van der Waals surface area contributed by atoms with E-state index < -0.39 is 0 Å². The van der Waals surface area contributed by atoms with Crippen LogP contribution in [0.4, 0.5) is 0 Å². The lowest BCUT2D eigenvalue weighted by molar-refractivity contribution is -0.122. The second-order valence-corrected chi connectivity index (χ2v) is 5.70. The number of aromatic hydroxyl groups is 1. The highest BCUT2D eigenvalue weighted by atomic mass is 16.5. The zero-order chi connectivity index (χ0) is 14.1. The van der Waals surface area contributed by atoms with Gasteiger partial charge in [-0.2, -0.15) is 0 Å². The molecule has 20 heavy (non-hydrogen) atoms. The number of amides is 1. The molecular weight excluding hydrogens is 256 g/mol. The van der Waals surface area contributed by atoms with Crippen molar-refractivity contribution in [2.24, 2.45) is 11.7 Å². The molecule has 5 heteroatoms. The number of nitrogens with one attached hydrogen (secondary N) is 1. The van der Waals surface area contributed by atoms with Crippen molar-refractivity contribution in [1.82, 2.24) is 5.32 Å². The zero-order valence-corrected chi connectivity index (χ0v) is 11.3. The predicted octanol–water partition coefficient (Wildman–Crippen LogP) is 1.46. The summed E-state index contributed by atoms with van der Waals surface area (Å²) in [6, 6.07) is 5.82. The van der Waals surface area contributed by atoms with Gasteiger partial charge in [0.05, 0.1) is 6.04 Å². The van der Waals surface area contributed by atoms with Gasteiger partial charge in [-0.05, 0) is 37.8 Å². The number of ether oxygens (including phenoxy) is 1. The van der Waals surface area contributed by atoms with Crippen molar-refractivity contribution in [3.05, 3.63) is 23.8 Å². The van der Waals surface area contributed by atoms with Crippen LogP contribution >= 0.6 is 0 Å². The van der Waals surface area contributed by atoms with Crippen molar-refractivity contribution in [2.75, 3.05) is 6.61 Å². The van der Waals surface area contributed by atoms with Gasteiger partial charge in [-0.25, -0.2) is 0 Å². The number of nitrogens with two attached hydrogens (primary N) is 1. The Morgan fingerprint density at radius 1 is 1.30 bits per heavy atom. The van der Waals surface area contributed by atoms with Crippen molar-refractivity contribution < 1.29 is 14.6 Å². The molecular formula is C15H20N2O3. The second-order valence-electron chi connectivity index (χ2n) is 5.70. The number of primary amides is 1. The number of fused-ring (bicyclic) bond motifs is 1. The fourth-order valence-electron chi connectivity index (χ4n) is 3.17. The van der Waals surface area contributed by atoms with Crippen LogP contribution in [0.3, 0.4) is 0 Å². The molecule has 1 aliphatic heterocycles. The minimum atomic E-state index is -0.173. The molecule has 0 bridgehead atoms. The monoisotopic (exact) mass is 276 g/mol. The molecule has 1 atom stereocenters. The molecule has 0 aromatic heterocycles. The maximum atomic E-state index is 11.2. The maximum absolute atomic E-state index is 11.2. The molecule has 1 aromatic rings. The van der Waals surface area contributed by atoms with E-state index >= 15 is 0 Å². The zero-order valence-electron chi connectivity index (χ0n) is 11.3. The highest BCUT2D eigenvalue weighted by Crippen LogP contribution is 2.36. The lowest BCUT2D eigenvalue weighted by atomic mass is 9.85. The number of carbonyl (C=O) groups excluding carboxylic acids is 1. The highest BCUT2D eigenvalue weighted by Gasteiger charge is 2.30. The first-order valence-corrected chi connectivity index (χ1v) is 7.14. The van der Waals surface area contributed by atoms with E-state index in [-0.39, 0.29) is 23.6 Å². The minimum absolute atomic E-state index is 0.0390. The Morgan fingerprint density at radius 2 is 2.05 bits per heavy atom. The first-order valence-electron chi connectivity index (χ1n) is 7.14. The number of benzene rings is 1. The fraction of sp³-hybridized carbons (Fsp3) is 0.533. The standard InChI is InChI=1S/C15H20N2O3/c16-15(19)9-1-3-10(4-2-9)17-13-8-20-14-7-11(18)5-6-12(13)14/h5-7,9-10,13,17-18H,1-4,8H2,(H2,16,19). The van der Waals surface area contributed by atoms with E-state index in [4.69, 9.17) is 10.5 Å². The lowest BCUT2D eigenvalue weighted by Gasteiger charge is -2.29. The van der Waals surface area contributed by atoms with E-state index in [1.165, 1.54) is 0 Å². The molecule has 108 valence electrons. The summed E-state index contributed by atoms with van der Waals surface area (Å²) in [7, 11) is 0. The summed E-state index contributed by atoms with van der Waals surface area (Å²) in [6.07, 6.45) is 3.67. The molecule has 1 fully saturated rings. The van der Waals surface area contributed by atoms with Crippen LogP contribution in [0.25, 0.3) is 0 Å². The van der Waals surface area contributed by atoms with Gasteiger partial charge < -0.3 is 20.9 Å². The van der Waals surface area contributed by atoms with Gasteiger partial charge in [0.15, 0.2) is 0 Å². The second kappa shape index (κ2) is 5.32. The van der Waals surface area contributed by atoms with Crippen molar-refractivity contribution in [1.29, 1.82) is 0 Å². The van der Waals surface area contributed by atoms with Gasteiger partial charge in [0, 0.05) is 23.6 Å². The van der Waals surface area contributed by atoms with Crippen LogP contribution in [-0.4, -0.2) is 23.7 Å². The van der Waals surface area contributed by atoms with Crippen LogP contribution in [-0.2, 0) is 4.79 Å². The molecule has 1 heterocycles. The van der Waals surface area contributed by atoms with Gasteiger partial charge in [-0.1, -0.05) is 0 Å². The van der Waals surface area contributed by atoms with E-state index in [1.54, 1.807) is 12.1 Å². The Hall–Kier alpha value is -1.75. The van der Waals surface area contributed by atoms with Crippen LogP contribution in [0, 0.1) is 5.92 Å². The molecule has 1 aliphatic carbocycles. The molecule has 0 saturated heterocycles. The van der Waals surface area contributed by atoms with Crippen molar-refractivity contribution in [2.45, 2.75) is 37.8 Å². The molecule has 1 amide bonds. The van der Waals surface area contributed by atoms with Crippen molar-refractivity contribution in [3.63, 3.8) is 0 Å². The largest absolute Gasteiger partial charge is 0.508 e. The first kappa shape index (κ1) is 13.2. The SMILES string of the molecule is NC(=O)C1CCC(NC2COc3cc(O)ccc32)CC1. The summed E-state index contributed by atoms with van der Waals surface area (Å²) >= 11 is 0. The number of phenolic OH excluding ortho intramolecular Hbond substituents is 1. The highest BCUT2D eigenvalue weighted by molar-refractivity contribution is 5.76. The lowest BCUT2D eigenvalue weighted by Crippen LogP contribution is -2.39. The summed E-state index contributed by atoms with van der Waals surface area (Å²) in [5.74, 6) is 0.852. The summed E-state index contributed by atoms with van der Waals surface area (Å²) < 4.78 is 5.60. The quantitative estimate of drug-likeness (QED) is 0.780. The van der Waals surface area contributed by atoms with E-state index in [0.717, 1.165) is 37.0 Å². The van der Waals surface area contributed by atoms with E-state index in [9.17, 15) is 9.90 Å². The van der Waals surface area contributed by atoms with Crippen LogP contribution in [0.1, 0.15) is 37.3 Å². The average molecular weight is 276 g/mol. The van der Waals surface area contributed by atoms with Gasteiger partial charge in [0.25, 0.3) is 0 Å². The Balaban J connectivity index is 1.60. The smallest absolute Gasteiger partial charge is 0.220 e. The van der Waals surface area contributed by atoms with Gasteiger partial charge in [0.2, 0.25) is 5.91 Å². The Kier molecular flexibility index (Phi) is 3.53. The molecule has 0 spiro atoms. The molecule has 4 N–H and O–H groups in total. The molecule has 3 rings (SSSR count). The Labute approximate surface area is 118 Å². The van der Waals surface area contributed by atoms with Crippen LogP contribution in [0.2, 0.25) is 0 Å². The molecule has 0 radical (unpaired) electrons. The molecule has 1 saturated carbocycles. The summed E-state index contributed by atoms with van der Waals surface area (Å²) in [6.45, 7) is 0.592. The van der Waals surface area contributed by atoms with Crippen LogP contribution in [0.5, 0.6) is 11.5 Å². The Morgan fingerprint density at radius 3 is 2.75 bits per heavy atom. The van der Waals surface area contributed by atoms with E-state index in [2.05, 4.69) is 5.32 Å². The number of hydrogen-bond acceptors (Lipinski definition) is 4. The molecule has 1 unspecified atom stereocenters. The molecule has 2 aliphatic rings. The average Bonchev–Trinajstić information content (AvgIpc) is 2.81. The van der Waals surface area contributed by atoms with Gasteiger partial charge in [-0.3, -0.25) is 4.79 Å². The van der Waals surface area contributed by atoms with Crippen LogP contribution in [0.15, 0.2) is 18.2 Å². The maximum Gasteiger partial charge on any atom is 0.220 e. The van der Waals surface area contributed by atoms with Crippen molar-refractivity contribution >= 4 is 5.91 Å². The number of hydrogen-bond donors (Lipinski definition) is 3. The predicted molar refractivity (Wildman–Crippen MR) is 74.4 cm³/mol. The number of phenols is 1. The molecule has 5 nitrogen and oxygen atoms in total. The van der Waals surface area contributed by atoms with Gasteiger partial charge in [-0.15, -0.1) is 0 Å².